The molecule has 1 heterocycles. The summed E-state index contributed by atoms with van der Waals surface area (Å²) in [7, 11) is 1.34. The molecule has 0 fully saturated rings. The summed E-state index contributed by atoms with van der Waals surface area (Å²) in [5, 5.41) is 2.84. The largest absolute Gasteiger partial charge is 0.469 e. The van der Waals surface area contributed by atoms with E-state index in [4.69, 9.17) is 4.42 Å². The van der Waals surface area contributed by atoms with Gasteiger partial charge in [0.05, 0.1) is 12.7 Å². The van der Waals surface area contributed by atoms with E-state index in [1.807, 2.05) is 13.8 Å². The van der Waals surface area contributed by atoms with Gasteiger partial charge in [-0.1, -0.05) is 0 Å². The summed E-state index contributed by atoms with van der Waals surface area (Å²) >= 11 is 3.13. The third-order valence-corrected chi connectivity index (χ3v) is 2.88. The molecule has 0 aliphatic carbocycles. The van der Waals surface area contributed by atoms with Crippen LogP contribution in [0.25, 0.3) is 0 Å². The highest BCUT2D eigenvalue weighted by Crippen LogP contribution is 2.17. The summed E-state index contributed by atoms with van der Waals surface area (Å²) < 4.78 is 10.1. The lowest BCUT2D eigenvalue weighted by Crippen LogP contribution is -2.43. The van der Waals surface area contributed by atoms with Crippen LogP contribution in [-0.2, 0) is 9.53 Å². The number of methoxy groups -OCH3 is 1. The van der Waals surface area contributed by atoms with Gasteiger partial charge in [0.1, 0.15) is 6.26 Å². The Morgan fingerprint density at radius 1 is 1.50 bits per heavy atom. The summed E-state index contributed by atoms with van der Waals surface area (Å²) in [6.07, 6.45) is 2.14. The number of nitrogens with one attached hydrogen (secondary N) is 1. The number of hydrogen-bond acceptors (Lipinski definition) is 4. The van der Waals surface area contributed by atoms with Gasteiger partial charge in [-0.2, -0.15) is 0 Å². The fourth-order valence-electron chi connectivity index (χ4n) is 1.39. The van der Waals surface area contributed by atoms with Crippen LogP contribution in [0, 0.1) is 0 Å². The molecule has 0 aliphatic rings. The maximum Gasteiger partial charge on any atom is 0.305 e. The van der Waals surface area contributed by atoms with Crippen molar-refractivity contribution in [1.29, 1.82) is 0 Å². The van der Waals surface area contributed by atoms with E-state index >= 15 is 0 Å². The summed E-state index contributed by atoms with van der Waals surface area (Å²) in [5.74, 6) is -0.525. The summed E-state index contributed by atoms with van der Waals surface area (Å²) in [6, 6.07) is 1.59. The Morgan fingerprint density at radius 2 is 2.17 bits per heavy atom. The number of esters is 1. The number of carbonyl (C=O) groups is 2. The van der Waals surface area contributed by atoms with E-state index in [9.17, 15) is 9.59 Å². The molecule has 0 bridgehead atoms. The highest BCUT2D eigenvalue weighted by Gasteiger charge is 2.23. The molecule has 1 aromatic heterocycles. The minimum absolute atomic E-state index is 0.237. The first-order valence-electron chi connectivity index (χ1n) is 5.47. The highest BCUT2D eigenvalue weighted by molar-refractivity contribution is 9.10. The van der Waals surface area contributed by atoms with Crippen molar-refractivity contribution >= 4 is 27.8 Å². The minimum atomic E-state index is -0.491. The van der Waals surface area contributed by atoms with Gasteiger partial charge in [-0.05, 0) is 36.2 Å². The molecule has 18 heavy (non-hydrogen) atoms. The Balaban J connectivity index is 2.54. The fourth-order valence-corrected chi connectivity index (χ4v) is 1.73. The molecule has 0 aliphatic heterocycles. The van der Waals surface area contributed by atoms with Gasteiger partial charge in [0.15, 0.2) is 4.67 Å². The second-order valence-electron chi connectivity index (χ2n) is 4.55. The lowest BCUT2D eigenvalue weighted by Gasteiger charge is -2.25. The topological polar surface area (TPSA) is 68.5 Å². The van der Waals surface area contributed by atoms with E-state index in [0.717, 1.165) is 0 Å². The van der Waals surface area contributed by atoms with Crippen molar-refractivity contribution in [2.24, 2.45) is 0 Å². The molecule has 0 unspecified atom stereocenters. The first kappa shape index (κ1) is 14.8. The molecule has 5 nitrogen and oxygen atoms in total. The minimum Gasteiger partial charge on any atom is -0.469 e. The van der Waals surface area contributed by atoms with Gasteiger partial charge < -0.3 is 14.5 Å². The van der Waals surface area contributed by atoms with E-state index in [-0.39, 0.29) is 18.3 Å². The second kappa shape index (κ2) is 6.04. The number of carbonyl (C=O) groups excluding carboxylic acids is 2. The van der Waals surface area contributed by atoms with Crippen LogP contribution in [0.5, 0.6) is 0 Å². The van der Waals surface area contributed by atoms with E-state index in [2.05, 4.69) is 26.0 Å². The van der Waals surface area contributed by atoms with Crippen LogP contribution >= 0.6 is 15.9 Å². The Hall–Kier alpha value is -1.30. The normalized spacial score (nSPS) is 11.1. The van der Waals surface area contributed by atoms with Crippen molar-refractivity contribution in [3.05, 3.63) is 22.6 Å². The number of hydrogen-bond donors (Lipinski definition) is 1. The lowest BCUT2D eigenvalue weighted by molar-refractivity contribution is -0.141. The molecular weight excluding hydrogens is 302 g/mol. The number of amides is 1. The molecule has 1 rings (SSSR count). The average Bonchev–Trinajstić information content (AvgIpc) is 2.72. The standard InChI is InChI=1S/C12H16BrNO4/c1-12(2,5-4-10(15)17-3)14-11(16)8-6-9(13)18-7-8/h6-7H,4-5H2,1-3H3,(H,14,16). The first-order chi connectivity index (χ1) is 8.34. The zero-order valence-corrected chi connectivity index (χ0v) is 12.2. The van der Waals surface area contributed by atoms with Crippen molar-refractivity contribution in [3.8, 4) is 0 Å². The van der Waals surface area contributed by atoms with Crippen LogP contribution in [0.3, 0.4) is 0 Å². The molecule has 0 saturated carbocycles. The molecule has 100 valence electrons. The average molecular weight is 318 g/mol. The number of furan rings is 1. The zero-order valence-electron chi connectivity index (χ0n) is 10.6. The lowest BCUT2D eigenvalue weighted by atomic mass is 9.98. The van der Waals surface area contributed by atoms with Crippen LogP contribution < -0.4 is 5.32 Å². The first-order valence-corrected chi connectivity index (χ1v) is 6.27. The highest BCUT2D eigenvalue weighted by atomic mass is 79.9. The van der Waals surface area contributed by atoms with E-state index in [1.165, 1.54) is 13.4 Å². The van der Waals surface area contributed by atoms with Gasteiger partial charge in [-0.3, -0.25) is 9.59 Å². The van der Waals surface area contributed by atoms with Crippen LogP contribution in [0.1, 0.15) is 37.0 Å². The molecule has 0 radical (unpaired) electrons. The van der Waals surface area contributed by atoms with Crippen molar-refractivity contribution in [1.82, 2.24) is 5.32 Å². The Morgan fingerprint density at radius 3 is 2.67 bits per heavy atom. The van der Waals surface area contributed by atoms with E-state index in [1.54, 1.807) is 6.07 Å². The van der Waals surface area contributed by atoms with Crippen molar-refractivity contribution in [3.63, 3.8) is 0 Å². The third-order valence-electron chi connectivity index (χ3n) is 2.46. The second-order valence-corrected chi connectivity index (χ2v) is 5.34. The Bertz CT molecular complexity index is 439. The van der Waals surface area contributed by atoms with Crippen molar-refractivity contribution in [2.45, 2.75) is 32.2 Å². The molecule has 0 spiro atoms. The van der Waals surface area contributed by atoms with Gasteiger partial charge in [-0.15, -0.1) is 0 Å². The van der Waals surface area contributed by atoms with Gasteiger partial charge in [0.25, 0.3) is 5.91 Å². The van der Waals surface area contributed by atoms with Crippen LogP contribution in [0.4, 0.5) is 0 Å². The van der Waals surface area contributed by atoms with E-state index < -0.39 is 5.54 Å². The van der Waals surface area contributed by atoms with Gasteiger partial charge >= 0.3 is 5.97 Å². The molecule has 0 atom stereocenters. The Kier molecular flexibility index (Phi) is 4.95. The summed E-state index contributed by atoms with van der Waals surface area (Å²) in [6.45, 7) is 3.70. The molecule has 6 heteroatoms. The smallest absolute Gasteiger partial charge is 0.305 e. The summed E-state index contributed by atoms with van der Waals surface area (Å²) in [4.78, 5) is 22.9. The molecule has 1 amide bonds. The van der Waals surface area contributed by atoms with Crippen LogP contribution in [0.2, 0.25) is 0 Å². The molecule has 1 N–H and O–H groups in total. The number of rotatable bonds is 5. The SMILES string of the molecule is COC(=O)CCC(C)(C)NC(=O)c1coc(Br)c1. The van der Waals surface area contributed by atoms with Gasteiger partial charge in [0.2, 0.25) is 0 Å². The zero-order chi connectivity index (χ0) is 13.8. The fraction of sp³-hybridized carbons (Fsp3) is 0.500. The van der Waals surface area contributed by atoms with Crippen LogP contribution in [0.15, 0.2) is 21.4 Å². The number of halogens is 1. The van der Waals surface area contributed by atoms with Gasteiger partial charge in [0, 0.05) is 18.0 Å². The predicted molar refractivity (Wildman–Crippen MR) is 69.2 cm³/mol. The van der Waals surface area contributed by atoms with Gasteiger partial charge in [-0.25, -0.2) is 0 Å². The summed E-state index contributed by atoms with van der Waals surface area (Å²) in [5.41, 5.74) is -0.0531. The molecule has 0 aromatic carbocycles. The number of ether oxygens (including phenoxy) is 1. The van der Waals surface area contributed by atoms with Crippen molar-refractivity contribution in [2.75, 3.05) is 7.11 Å². The predicted octanol–water partition coefficient (Wildman–Crippen LogP) is 2.50. The van der Waals surface area contributed by atoms with Crippen LogP contribution in [-0.4, -0.2) is 24.5 Å². The molecule has 0 saturated heterocycles. The van der Waals surface area contributed by atoms with E-state index in [0.29, 0.717) is 16.7 Å². The van der Waals surface area contributed by atoms with Crippen molar-refractivity contribution < 1.29 is 18.7 Å². The Labute approximate surface area is 114 Å². The molecule has 1 aromatic rings. The molecular formula is C12H16BrNO4. The monoisotopic (exact) mass is 317 g/mol. The quantitative estimate of drug-likeness (QED) is 0.847. The maximum atomic E-state index is 11.9. The maximum absolute atomic E-state index is 11.9. The third kappa shape index (κ3) is 4.52.